The molecule has 0 N–H and O–H groups in total. The standard InChI is InChI=1S/C16H18ClNO3/c1-11(19)18-14(10-21-16-4-2-3-7-20-16)9-12-8-13(17)5-6-15(12)18/h5-6,8-9,16H,2-4,7,10H2,1H3. The van der Waals surface area contributed by atoms with Crippen LogP contribution in [0.5, 0.6) is 0 Å². The fourth-order valence-corrected chi connectivity index (χ4v) is 2.92. The largest absolute Gasteiger partial charge is 0.353 e. The molecule has 1 aromatic carbocycles. The topological polar surface area (TPSA) is 40.5 Å². The van der Waals surface area contributed by atoms with Crippen LogP contribution in [0.2, 0.25) is 5.02 Å². The normalized spacial score (nSPS) is 19.0. The monoisotopic (exact) mass is 307 g/mol. The van der Waals surface area contributed by atoms with E-state index in [0.29, 0.717) is 11.6 Å². The van der Waals surface area contributed by atoms with Gasteiger partial charge in [0.05, 0.1) is 17.8 Å². The van der Waals surface area contributed by atoms with Gasteiger partial charge in [0.25, 0.3) is 0 Å². The summed E-state index contributed by atoms with van der Waals surface area (Å²) in [6, 6.07) is 7.46. The summed E-state index contributed by atoms with van der Waals surface area (Å²) in [5, 5.41) is 1.60. The number of nitrogens with zero attached hydrogens (tertiary/aromatic N) is 1. The smallest absolute Gasteiger partial charge is 0.228 e. The van der Waals surface area contributed by atoms with Crippen LogP contribution >= 0.6 is 11.6 Å². The van der Waals surface area contributed by atoms with Crippen molar-refractivity contribution in [2.75, 3.05) is 6.61 Å². The number of aromatic nitrogens is 1. The quantitative estimate of drug-likeness (QED) is 0.860. The summed E-state index contributed by atoms with van der Waals surface area (Å²) >= 11 is 6.01. The van der Waals surface area contributed by atoms with E-state index in [-0.39, 0.29) is 12.2 Å². The molecule has 1 aromatic heterocycles. The maximum absolute atomic E-state index is 11.9. The molecule has 0 saturated carbocycles. The lowest BCUT2D eigenvalue weighted by atomic mass is 10.2. The van der Waals surface area contributed by atoms with Gasteiger partial charge in [-0.3, -0.25) is 9.36 Å². The minimum Gasteiger partial charge on any atom is -0.353 e. The summed E-state index contributed by atoms with van der Waals surface area (Å²) in [5.41, 5.74) is 1.68. The Labute approximate surface area is 128 Å². The van der Waals surface area contributed by atoms with Gasteiger partial charge in [0.2, 0.25) is 5.91 Å². The number of ether oxygens (including phenoxy) is 2. The maximum Gasteiger partial charge on any atom is 0.228 e. The van der Waals surface area contributed by atoms with Crippen LogP contribution in [0.3, 0.4) is 0 Å². The van der Waals surface area contributed by atoms with Crippen LogP contribution in [0.25, 0.3) is 10.9 Å². The third-order valence-corrected chi connectivity index (χ3v) is 3.94. The van der Waals surface area contributed by atoms with Crippen molar-refractivity contribution in [1.82, 2.24) is 4.57 Å². The third kappa shape index (κ3) is 3.12. The van der Waals surface area contributed by atoms with Gasteiger partial charge in [-0.15, -0.1) is 0 Å². The molecule has 1 atom stereocenters. The number of carbonyl (C=O) groups is 1. The van der Waals surface area contributed by atoms with Crippen molar-refractivity contribution in [3.63, 3.8) is 0 Å². The van der Waals surface area contributed by atoms with E-state index in [9.17, 15) is 4.79 Å². The summed E-state index contributed by atoms with van der Waals surface area (Å²) in [7, 11) is 0. The summed E-state index contributed by atoms with van der Waals surface area (Å²) in [4.78, 5) is 11.9. The molecule has 1 aliphatic rings. The highest BCUT2D eigenvalue weighted by molar-refractivity contribution is 6.31. The van der Waals surface area contributed by atoms with Crippen LogP contribution in [0, 0.1) is 0 Å². The molecule has 3 rings (SSSR count). The van der Waals surface area contributed by atoms with Crippen molar-refractivity contribution in [3.8, 4) is 0 Å². The van der Waals surface area contributed by atoms with Crippen molar-refractivity contribution in [2.45, 2.75) is 39.1 Å². The van der Waals surface area contributed by atoms with Crippen LogP contribution in [0.1, 0.15) is 36.7 Å². The summed E-state index contributed by atoms with van der Waals surface area (Å²) in [6.45, 7) is 2.65. The Balaban J connectivity index is 1.86. The molecule has 4 nitrogen and oxygen atoms in total. The van der Waals surface area contributed by atoms with Crippen molar-refractivity contribution in [1.29, 1.82) is 0 Å². The fraction of sp³-hybridized carbons (Fsp3) is 0.438. The van der Waals surface area contributed by atoms with Crippen LogP contribution in [-0.4, -0.2) is 23.4 Å². The first-order chi connectivity index (χ1) is 10.1. The first-order valence-electron chi connectivity index (χ1n) is 7.19. The van der Waals surface area contributed by atoms with E-state index in [1.807, 2.05) is 18.2 Å². The Kier molecular flexibility index (Phi) is 4.29. The zero-order chi connectivity index (χ0) is 14.8. The minimum atomic E-state index is -0.166. The highest BCUT2D eigenvalue weighted by Gasteiger charge is 2.17. The average Bonchev–Trinajstić information content (AvgIpc) is 2.83. The molecule has 21 heavy (non-hydrogen) atoms. The van der Waals surface area contributed by atoms with Crippen LogP contribution in [0.4, 0.5) is 0 Å². The molecule has 1 unspecified atom stereocenters. The van der Waals surface area contributed by atoms with Crippen molar-refractivity contribution < 1.29 is 14.3 Å². The molecule has 0 radical (unpaired) electrons. The van der Waals surface area contributed by atoms with Crippen LogP contribution < -0.4 is 0 Å². The molecule has 1 saturated heterocycles. The second-order valence-corrected chi connectivity index (χ2v) is 5.74. The molecule has 1 aliphatic heterocycles. The summed E-state index contributed by atoms with van der Waals surface area (Å²) in [6.07, 6.45) is 2.95. The minimum absolute atomic E-state index is 0.0320. The van der Waals surface area contributed by atoms with E-state index < -0.39 is 0 Å². The highest BCUT2D eigenvalue weighted by atomic mass is 35.5. The van der Waals surface area contributed by atoms with Crippen molar-refractivity contribution >= 4 is 28.4 Å². The Hall–Kier alpha value is -1.36. The average molecular weight is 308 g/mol. The van der Waals surface area contributed by atoms with E-state index in [1.54, 1.807) is 17.6 Å². The summed E-state index contributed by atoms with van der Waals surface area (Å²) < 4.78 is 13.0. The first kappa shape index (κ1) is 14.6. The summed E-state index contributed by atoms with van der Waals surface area (Å²) in [5.74, 6) is -0.0320. The second kappa shape index (κ2) is 6.18. The molecule has 0 bridgehead atoms. The van der Waals surface area contributed by atoms with Gasteiger partial charge in [0.1, 0.15) is 0 Å². The molecular weight excluding hydrogens is 290 g/mol. The molecule has 2 heterocycles. The molecule has 0 amide bonds. The number of benzene rings is 1. The number of rotatable bonds is 3. The lowest BCUT2D eigenvalue weighted by Gasteiger charge is -2.22. The van der Waals surface area contributed by atoms with Gasteiger partial charge in [-0.2, -0.15) is 0 Å². The van der Waals surface area contributed by atoms with Gasteiger partial charge in [-0.05, 0) is 43.5 Å². The van der Waals surface area contributed by atoms with Crippen molar-refractivity contribution in [3.05, 3.63) is 35.0 Å². The van der Waals surface area contributed by atoms with Crippen LogP contribution in [-0.2, 0) is 16.1 Å². The Morgan fingerprint density at radius 1 is 1.43 bits per heavy atom. The number of fused-ring (bicyclic) bond motifs is 1. The zero-order valence-corrected chi connectivity index (χ0v) is 12.7. The molecule has 112 valence electrons. The van der Waals surface area contributed by atoms with E-state index in [0.717, 1.165) is 42.5 Å². The SMILES string of the molecule is CC(=O)n1c(COC2CCCCO2)cc2cc(Cl)ccc21. The van der Waals surface area contributed by atoms with E-state index in [2.05, 4.69) is 0 Å². The Bertz CT molecular complexity index is 659. The molecule has 5 heteroatoms. The molecule has 2 aromatic rings. The fourth-order valence-electron chi connectivity index (χ4n) is 2.74. The maximum atomic E-state index is 11.9. The predicted octanol–water partition coefficient (Wildman–Crippen LogP) is 4.00. The van der Waals surface area contributed by atoms with Gasteiger partial charge in [0, 0.05) is 23.9 Å². The zero-order valence-electron chi connectivity index (χ0n) is 12.0. The molecule has 0 spiro atoms. The Morgan fingerprint density at radius 3 is 3.00 bits per heavy atom. The van der Waals surface area contributed by atoms with Gasteiger partial charge in [0.15, 0.2) is 6.29 Å². The van der Waals surface area contributed by atoms with Crippen molar-refractivity contribution in [2.24, 2.45) is 0 Å². The number of carbonyl (C=O) groups excluding carboxylic acids is 1. The lowest BCUT2D eigenvalue weighted by Crippen LogP contribution is -2.23. The van der Waals surface area contributed by atoms with Gasteiger partial charge in [-0.1, -0.05) is 11.6 Å². The Morgan fingerprint density at radius 2 is 2.29 bits per heavy atom. The van der Waals surface area contributed by atoms with Gasteiger partial charge in [-0.25, -0.2) is 0 Å². The van der Waals surface area contributed by atoms with E-state index in [1.165, 1.54) is 0 Å². The number of halogens is 1. The second-order valence-electron chi connectivity index (χ2n) is 5.30. The van der Waals surface area contributed by atoms with Crippen LogP contribution in [0.15, 0.2) is 24.3 Å². The van der Waals surface area contributed by atoms with Gasteiger partial charge >= 0.3 is 0 Å². The first-order valence-corrected chi connectivity index (χ1v) is 7.57. The van der Waals surface area contributed by atoms with E-state index in [4.69, 9.17) is 21.1 Å². The molecule has 1 fully saturated rings. The third-order valence-electron chi connectivity index (χ3n) is 3.71. The van der Waals surface area contributed by atoms with Gasteiger partial charge < -0.3 is 9.47 Å². The predicted molar refractivity (Wildman–Crippen MR) is 81.6 cm³/mol. The number of hydrogen-bond acceptors (Lipinski definition) is 3. The molecular formula is C16H18ClNO3. The van der Waals surface area contributed by atoms with E-state index >= 15 is 0 Å². The lowest BCUT2D eigenvalue weighted by molar-refractivity contribution is -0.169. The molecule has 0 aliphatic carbocycles. The highest BCUT2D eigenvalue weighted by Crippen LogP contribution is 2.25. The number of hydrogen-bond donors (Lipinski definition) is 0.